The molecule has 1 atom stereocenters. The van der Waals surface area contributed by atoms with E-state index in [1.807, 2.05) is 48.5 Å². The zero-order chi connectivity index (χ0) is 23.2. The average molecular weight is 443 g/mol. The lowest BCUT2D eigenvalue weighted by atomic mass is 10.0. The van der Waals surface area contributed by atoms with Gasteiger partial charge in [-0.2, -0.15) is 0 Å². The highest BCUT2D eigenvalue weighted by Crippen LogP contribution is 2.29. The molecular formula is C27H30N4O2. The van der Waals surface area contributed by atoms with Gasteiger partial charge in [0, 0.05) is 18.9 Å². The summed E-state index contributed by atoms with van der Waals surface area (Å²) in [6.07, 6.45) is 3.93. The van der Waals surface area contributed by atoms with Crippen molar-refractivity contribution in [1.82, 2.24) is 19.9 Å². The fourth-order valence-electron chi connectivity index (χ4n) is 4.07. The van der Waals surface area contributed by atoms with Gasteiger partial charge in [-0.15, -0.1) is 0 Å². The first-order valence-electron chi connectivity index (χ1n) is 11.4. The maximum Gasteiger partial charge on any atom is 0.408 e. The Balaban J connectivity index is 1.61. The number of rotatable bonds is 8. The number of hydrogen-bond acceptors (Lipinski definition) is 4. The van der Waals surface area contributed by atoms with Crippen LogP contribution in [0.25, 0.3) is 22.2 Å². The number of nitrogens with zero attached hydrogens (tertiary/aromatic N) is 3. The number of nitrogens with one attached hydrogen (secondary N) is 1. The number of aryl methyl sites for hydroxylation is 1. The molecule has 33 heavy (non-hydrogen) atoms. The van der Waals surface area contributed by atoms with Crippen molar-refractivity contribution in [2.75, 3.05) is 0 Å². The summed E-state index contributed by atoms with van der Waals surface area (Å²) in [7, 11) is 0. The molecule has 0 aliphatic rings. The molecule has 0 saturated heterocycles. The topological polar surface area (TPSA) is 69.0 Å². The summed E-state index contributed by atoms with van der Waals surface area (Å²) in [6, 6.07) is 19.7. The molecule has 1 amide bonds. The Kier molecular flexibility index (Phi) is 7.03. The number of alkyl carbamates (subject to hydrolysis) is 1. The fraction of sp³-hybridized carbons (Fsp3) is 0.296. The third-order valence-corrected chi connectivity index (χ3v) is 5.63. The molecule has 4 rings (SSSR count). The fourth-order valence-corrected chi connectivity index (χ4v) is 4.07. The number of amides is 1. The van der Waals surface area contributed by atoms with Gasteiger partial charge in [-0.25, -0.2) is 9.78 Å². The first-order valence-corrected chi connectivity index (χ1v) is 11.4. The van der Waals surface area contributed by atoms with Crippen LogP contribution in [0.1, 0.15) is 44.6 Å². The molecule has 0 bridgehead atoms. The number of pyridine rings is 1. The Hall–Kier alpha value is -3.67. The van der Waals surface area contributed by atoms with Crippen LogP contribution in [0.3, 0.4) is 0 Å². The monoisotopic (exact) mass is 442 g/mol. The summed E-state index contributed by atoms with van der Waals surface area (Å²) < 4.78 is 7.68. The summed E-state index contributed by atoms with van der Waals surface area (Å²) >= 11 is 0. The van der Waals surface area contributed by atoms with Gasteiger partial charge >= 0.3 is 6.09 Å². The van der Waals surface area contributed by atoms with Gasteiger partial charge in [0.2, 0.25) is 0 Å². The molecule has 0 aliphatic heterocycles. The lowest BCUT2D eigenvalue weighted by molar-refractivity contribution is 0.133. The van der Waals surface area contributed by atoms with Gasteiger partial charge in [0.15, 0.2) is 0 Å². The van der Waals surface area contributed by atoms with Crippen molar-refractivity contribution in [2.45, 2.75) is 46.4 Å². The van der Waals surface area contributed by atoms with Crippen LogP contribution in [0.4, 0.5) is 4.79 Å². The van der Waals surface area contributed by atoms with Gasteiger partial charge in [0.05, 0.1) is 17.1 Å². The van der Waals surface area contributed by atoms with Gasteiger partial charge < -0.3 is 14.6 Å². The number of imidazole rings is 1. The summed E-state index contributed by atoms with van der Waals surface area (Å²) in [4.78, 5) is 21.7. The van der Waals surface area contributed by atoms with Crippen LogP contribution in [0.5, 0.6) is 0 Å². The maximum absolute atomic E-state index is 12.7. The van der Waals surface area contributed by atoms with Crippen LogP contribution in [0.2, 0.25) is 0 Å². The van der Waals surface area contributed by atoms with Crippen molar-refractivity contribution < 1.29 is 9.53 Å². The highest BCUT2D eigenvalue weighted by Gasteiger charge is 2.23. The summed E-state index contributed by atoms with van der Waals surface area (Å²) in [5.74, 6) is 1.23. The van der Waals surface area contributed by atoms with Gasteiger partial charge in [-0.05, 0) is 60.2 Å². The average Bonchev–Trinajstić information content (AvgIpc) is 3.21. The van der Waals surface area contributed by atoms with Crippen molar-refractivity contribution in [3.8, 4) is 11.1 Å². The molecule has 0 fully saturated rings. The third kappa shape index (κ3) is 5.40. The lowest BCUT2D eigenvalue weighted by Gasteiger charge is -2.21. The summed E-state index contributed by atoms with van der Waals surface area (Å²) in [5, 5.41) is 3.06. The number of carbonyl (C=O) groups excluding carboxylic acids is 1. The van der Waals surface area contributed by atoms with E-state index in [4.69, 9.17) is 9.72 Å². The van der Waals surface area contributed by atoms with E-state index < -0.39 is 6.09 Å². The quantitative estimate of drug-likeness (QED) is 0.356. The molecule has 0 unspecified atom stereocenters. The normalized spacial score (nSPS) is 12.1. The number of hydrogen-bond donors (Lipinski definition) is 1. The van der Waals surface area contributed by atoms with Gasteiger partial charge in [-0.3, -0.25) is 4.98 Å². The summed E-state index contributed by atoms with van der Waals surface area (Å²) in [5.41, 5.74) is 5.14. The number of ether oxygens (including phenoxy) is 1. The van der Waals surface area contributed by atoms with Crippen molar-refractivity contribution in [1.29, 1.82) is 0 Å². The molecule has 4 aromatic rings. The third-order valence-electron chi connectivity index (χ3n) is 5.63. The lowest BCUT2D eigenvalue weighted by Crippen LogP contribution is -2.32. The van der Waals surface area contributed by atoms with E-state index in [-0.39, 0.29) is 12.6 Å². The molecule has 0 radical (unpaired) electrons. The van der Waals surface area contributed by atoms with Gasteiger partial charge in [0.1, 0.15) is 12.4 Å². The number of fused-ring (bicyclic) bond motifs is 1. The van der Waals surface area contributed by atoms with E-state index in [1.165, 1.54) is 0 Å². The van der Waals surface area contributed by atoms with Crippen LogP contribution < -0.4 is 5.32 Å². The van der Waals surface area contributed by atoms with Crippen molar-refractivity contribution in [3.05, 3.63) is 84.4 Å². The molecule has 6 nitrogen and oxygen atoms in total. The first kappa shape index (κ1) is 22.5. The minimum absolute atomic E-state index is 0.237. The van der Waals surface area contributed by atoms with Crippen LogP contribution in [0, 0.1) is 5.92 Å². The van der Waals surface area contributed by atoms with Crippen LogP contribution >= 0.6 is 0 Å². The number of aromatic nitrogens is 3. The van der Waals surface area contributed by atoms with Gasteiger partial charge in [0.25, 0.3) is 0 Å². The molecule has 0 saturated carbocycles. The SMILES string of the molecule is CCn1c([C@@H](CC(C)C)NC(=O)OCc2ccccc2)nc2ccc(-c3ccncc3)cc21. The zero-order valence-electron chi connectivity index (χ0n) is 19.4. The molecule has 1 N–H and O–H groups in total. The Labute approximate surface area is 194 Å². The molecule has 6 heteroatoms. The van der Waals surface area contributed by atoms with E-state index in [1.54, 1.807) is 12.4 Å². The molecule has 2 aromatic heterocycles. The molecule has 2 aromatic carbocycles. The van der Waals surface area contributed by atoms with Crippen molar-refractivity contribution in [3.63, 3.8) is 0 Å². The largest absolute Gasteiger partial charge is 0.445 e. The molecule has 2 heterocycles. The second kappa shape index (κ2) is 10.3. The van der Waals surface area contributed by atoms with Crippen LogP contribution in [-0.4, -0.2) is 20.6 Å². The summed E-state index contributed by atoms with van der Waals surface area (Å²) in [6.45, 7) is 7.38. The first-order chi connectivity index (χ1) is 16.0. The molecular weight excluding hydrogens is 412 g/mol. The van der Waals surface area contributed by atoms with E-state index in [2.05, 4.69) is 47.8 Å². The van der Waals surface area contributed by atoms with Gasteiger partial charge in [-0.1, -0.05) is 50.2 Å². The molecule has 0 aliphatic carbocycles. The number of carbonyl (C=O) groups is 1. The van der Waals surface area contributed by atoms with Crippen LogP contribution in [-0.2, 0) is 17.9 Å². The minimum atomic E-state index is -0.434. The maximum atomic E-state index is 12.7. The highest BCUT2D eigenvalue weighted by atomic mass is 16.5. The smallest absolute Gasteiger partial charge is 0.408 e. The Bertz CT molecular complexity index is 1200. The van der Waals surface area contributed by atoms with Crippen molar-refractivity contribution in [2.24, 2.45) is 5.92 Å². The second-order valence-electron chi connectivity index (χ2n) is 8.54. The van der Waals surface area contributed by atoms with E-state index in [9.17, 15) is 4.79 Å². The molecule has 0 spiro atoms. The van der Waals surface area contributed by atoms with E-state index in [0.717, 1.165) is 46.5 Å². The highest BCUT2D eigenvalue weighted by molar-refractivity contribution is 5.83. The Morgan fingerprint density at radius 2 is 1.79 bits per heavy atom. The van der Waals surface area contributed by atoms with E-state index >= 15 is 0 Å². The predicted molar refractivity (Wildman–Crippen MR) is 131 cm³/mol. The zero-order valence-corrected chi connectivity index (χ0v) is 19.4. The molecule has 170 valence electrons. The standard InChI is InChI=1S/C27H30N4O2/c1-4-31-25-17-22(21-12-14-28-15-13-21)10-11-23(25)29-26(31)24(16-19(2)3)30-27(32)33-18-20-8-6-5-7-9-20/h5-15,17,19,24H,4,16,18H2,1-3H3,(H,30,32)/t24-/m1/s1. The minimum Gasteiger partial charge on any atom is -0.445 e. The number of benzene rings is 2. The Morgan fingerprint density at radius 3 is 2.48 bits per heavy atom. The second-order valence-corrected chi connectivity index (χ2v) is 8.54. The van der Waals surface area contributed by atoms with E-state index in [0.29, 0.717) is 5.92 Å². The predicted octanol–water partition coefficient (Wildman–Crippen LogP) is 6.13. The van der Waals surface area contributed by atoms with Crippen LogP contribution in [0.15, 0.2) is 73.1 Å². The van der Waals surface area contributed by atoms with Crippen molar-refractivity contribution >= 4 is 17.1 Å². The Morgan fingerprint density at radius 1 is 1.03 bits per heavy atom.